The van der Waals surface area contributed by atoms with Crippen LogP contribution in [0.5, 0.6) is 0 Å². The van der Waals surface area contributed by atoms with Crippen LogP contribution in [0.4, 0.5) is 0 Å². The molecule has 0 rings (SSSR count). The maximum Gasteiger partial charge on any atom is 0.204 e. The fraction of sp³-hybridized carbons (Fsp3) is 1.00. The summed E-state index contributed by atoms with van der Waals surface area (Å²) >= 11 is 0. The maximum absolute atomic E-state index is 10.5. The molecule has 0 saturated carbocycles. The summed E-state index contributed by atoms with van der Waals surface area (Å²) in [5.74, 6) is 0. The van der Waals surface area contributed by atoms with E-state index in [0.29, 0.717) is 7.28 Å². The highest BCUT2D eigenvalue weighted by Crippen LogP contribution is 1.76. The highest BCUT2D eigenvalue weighted by molar-refractivity contribution is 7.90. The second-order valence-electron chi connectivity index (χ2n) is 1.52. The molecule has 48 valence electrons. The van der Waals surface area contributed by atoms with Crippen molar-refractivity contribution in [3.8, 4) is 0 Å². The zero-order chi connectivity index (χ0) is 6.62. The second-order valence-corrected chi connectivity index (χ2v) is 3.57. The Bertz CT molecular complexity index is 141. The first kappa shape index (κ1) is 7.97. The van der Waals surface area contributed by atoms with Gasteiger partial charge in [-0.3, -0.25) is 0 Å². The molecule has 1 N–H and O–H groups in total. The summed E-state index contributed by atoms with van der Waals surface area (Å²) < 4.78 is 23.2. The Kier molecular flexibility index (Phi) is 3.08. The number of sulfonamides is 1. The summed E-state index contributed by atoms with van der Waals surface area (Å²) in [7, 11) is -0.828. The van der Waals surface area contributed by atoms with Crippen LogP contribution in [0.1, 0.15) is 0 Å². The Morgan fingerprint density at radius 1 is 1.62 bits per heavy atom. The van der Waals surface area contributed by atoms with Crippen molar-refractivity contribution < 1.29 is 8.42 Å². The van der Waals surface area contributed by atoms with E-state index in [0.717, 1.165) is 0 Å². The van der Waals surface area contributed by atoms with Crippen LogP contribution in [0, 0.1) is 0 Å². The molecule has 0 spiro atoms. The Morgan fingerprint density at radius 2 is 2.12 bits per heavy atom. The molecular formula is C3H10BNO2S. The molecule has 0 unspecified atom stereocenters. The van der Waals surface area contributed by atoms with Crippen molar-refractivity contribution in [2.45, 2.75) is 6.82 Å². The monoisotopic (exact) mass is 135 g/mol. The minimum absolute atomic E-state index is 0.226. The molecule has 8 heavy (non-hydrogen) atoms. The molecule has 0 amide bonds. The van der Waals surface area contributed by atoms with Crippen LogP contribution in [-0.4, -0.2) is 28.4 Å². The minimum atomic E-state index is -2.92. The van der Waals surface area contributed by atoms with Gasteiger partial charge in [-0.15, -0.1) is 0 Å². The summed E-state index contributed by atoms with van der Waals surface area (Å²) in [6, 6.07) is 0. The lowest BCUT2D eigenvalue weighted by atomic mass is 9.87. The first-order valence-corrected chi connectivity index (χ1v) is 4.19. The normalized spacial score (nSPS) is 11.2. The van der Waals surface area contributed by atoms with Gasteiger partial charge in [0.1, 0.15) is 7.28 Å². The van der Waals surface area contributed by atoms with Gasteiger partial charge >= 0.3 is 0 Å². The molecule has 0 aromatic heterocycles. The average molecular weight is 135 g/mol. The summed E-state index contributed by atoms with van der Waals surface area (Å²) in [5, 5.41) is 0. The fourth-order valence-corrected chi connectivity index (χ4v) is 1.11. The number of rotatable bonds is 3. The molecule has 0 fully saturated rings. The quantitative estimate of drug-likeness (QED) is 0.503. The third kappa shape index (κ3) is 3.04. The number of hydrogen-bond donors (Lipinski definition) is 1. The first-order valence-electron chi connectivity index (χ1n) is 2.53. The lowest BCUT2D eigenvalue weighted by Gasteiger charge is -1.94. The van der Waals surface area contributed by atoms with Gasteiger partial charge in [-0.05, 0) is 7.05 Å². The summed E-state index contributed by atoms with van der Waals surface area (Å²) in [4.78, 5) is 0. The average Bonchev–Trinajstić information content (AvgIpc) is 1.67. The molecule has 0 atom stereocenters. The molecule has 3 nitrogen and oxygen atoms in total. The molecule has 0 saturated heterocycles. The van der Waals surface area contributed by atoms with Crippen molar-refractivity contribution in [3.63, 3.8) is 0 Å². The van der Waals surface area contributed by atoms with Crippen LogP contribution in [-0.2, 0) is 10.0 Å². The number of hydrogen-bond acceptors (Lipinski definition) is 2. The highest BCUT2D eigenvalue weighted by Gasteiger charge is 2.02. The Morgan fingerprint density at radius 3 is 2.25 bits per heavy atom. The second kappa shape index (κ2) is 3.09. The smallest absolute Gasteiger partial charge is 0.204 e. The molecule has 0 aromatic rings. The van der Waals surface area contributed by atoms with Gasteiger partial charge in [0.05, 0.1) is 0 Å². The van der Waals surface area contributed by atoms with Crippen molar-refractivity contribution in [1.29, 1.82) is 0 Å². The zero-order valence-corrected chi connectivity index (χ0v) is 5.96. The van der Waals surface area contributed by atoms with Crippen LogP contribution in [0.3, 0.4) is 0 Å². The summed E-state index contributed by atoms with van der Waals surface area (Å²) in [6.45, 7) is 1.83. The molecule has 0 aromatic carbocycles. The Balaban J connectivity index is 3.76. The van der Waals surface area contributed by atoms with E-state index in [9.17, 15) is 8.42 Å². The molecule has 0 aliphatic heterocycles. The van der Waals surface area contributed by atoms with Crippen LogP contribution in [0.2, 0.25) is 6.82 Å². The largest absolute Gasteiger partial charge is 0.219 e. The standard InChI is InChI=1S/C3H10BNO2S/c1-4-3-8(6,7)5-2/h4-5H,3H2,1-2H3. The summed E-state index contributed by atoms with van der Waals surface area (Å²) in [5.41, 5.74) is 0.226. The molecule has 0 radical (unpaired) electrons. The first-order chi connectivity index (χ1) is 3.62. The summed E-state index contributed by atoms with van der Waals surface area (Å²) in [6.07, 6.45) is 0. The molecule has 0 aliphatic rings. The van der Waals surface area contributed by atoms with Gasteiger partial charge in [0.25, 0.3) is 0 Å². The van der Waals surface area contributed by atoms with E-state index in [-0.39, 0.29) is 5.65 Å². The van der Waals surface area contributed by atoms with Gasteiger partial charge in [-0.2, -0.15) is 0 Å². The highest BCUT2D eigenvalue weighted by atomic mass is 32.2. The van der Waals surface area contributed by atoms with Crippen LogP contribution in [0.25, 0.3) is 0 Å². The Labute approximate surface area is 50.8 Å². The lowest BCUT2D eigenvalue weighted by Crippen LogP contribution is -2.24. The SMILES string of the molecule is CBCS(=O)(=O)NC. The van der Waals surface area contributed by atoms with Crippen molar-refractivity contribution in [1.82, 2.24) is 4.72 Å². The topological polar surface area (TPSA) is 46.2 Å². The molecular weight excluding hydrogens is 125 g/mol. The van der Waals surface area contributed by atoms with E-state index in [1.807, 2.05) is 6.82 Å². The molecule has 0 aliphatic carbocycles. The van der Waals surface area contributed by atoms with E-state index in [1.54, 1.807) is 0 Å². The van der Waals surface area contributed by atoms with Gasteiger partial charge in [0.15, 0.2) is 0 Å². The predicted molar refractivity (Wildman–Crippen MR) is 35.9 cm³/mol. The molecule has 5 heteroatoms. The van der Waals surface area contributed by atoms with Crippen molar-refractivity contribution in [2.75, 3.05) is 12.7 Å². The minimum Gasteiger partial charge on any atom is -0.219 e. The van der Waals surface area contributed by atoms with Crippen molar-refractivity contribution in [2.24, 2.45) is 0 Å². The van der Waals surface area contributed by atoms with Crippen molar-refractivity contribution >= 4 is 17.3 Å². The predicted octanol–water partition coefficient (Wildman–Crippen LogP) is -1.02. The number of nitrogens with one attached hydrogen (secondary N) is 1. The van der Waals surface area contributed by atoms with Gasteiger partial charge in [-0.1, -0.05) is 6.82 Å². The molecule has 0 heterocycles. The van der Waals surface area contributed by atoms with Crippen molar-refractivity contribution in [3.05, 3.63) is 0 Å². The van der Waals surface area contributed by atoms with E-state index < -0.39 is 10.0 Å². The maximum atomic E-state index is 10.5. The van der Waals surface area contributed by atoms with Gasteiger partial charge in [0.2, 0.25) is 10.0 Å². The molecule has 0 bridgehead atoms. The van der Waals surface area contributed by atoms with Gasteiger partial charge < -0.3 is 0 Å². The fourth-order valence-electron chi connectivity index (χ4n) is 0.371. The van der Waals surface area contributed by atoms with Gasteiger partial charge in [0, 0.05) is 5.65 Å². The zero-order valence-electron chi connectivity index (χ0n) is 5.14. The third-order valence-electron chi connectivity index (χ3n) is 0.784. The van der Waals surface area contributed by atoms with Crippen LogP contribution >= 0.6 is 0 Å². The van der Waals surface area contributed by atoms with E-state index in [1.165, 1.54) is 7.05 Å². The lowest BCUT2D eigenvalue weighted by molar-refractivity contribution is 0.593. The van der Waals surface area contributed by atoms with Crippen LogP contribution < -0.4 is 4.72 Å². The van der Waals surface area contributed by atoms with Gasteiger partial charge in [-0.25, -0.2) is 13.1 Å². The van der Waals surface area contributed by atoms with E-state index >= 15 is 0 Å². The third-order valence-corrected chi connectivity index (χ3v) is 2.35. The Hall–Kier alpha value is -0.0251. The van der Waals surface area contributed by atoms with E-state index in [2.05, 4.69) is 4.72 Å². The van der Waals surface area contributed by atoms with E-state index in [4.69, 9.17) is 0 Å². The van der Waals surface area contributed by atoms with Crippen LogP contribution in [0.15, 0.2) is 0 Å².